The molecule has 1 amide bonds. The van der Waals surface area contributed by atoms with E-state index < -0.39 is 0 Å². The Labute approximate surface area is 141 Å². The predicted octanol–water partition coefficient (Wildman–Crippen LogP) is 4.62. The number of anilines is 1. The predicted molar refractivity (Wildman–Crippen MR) is 91.8 cm³/mol. The van der Waals surface area contributed by atoms with Crippen LogP contribution in [0, 0.1) is 13.8 Å². The molecule has 3 rings (SSSR count). The van der Waals surface area contributed by atoms with Crippen LogP contribution < -0.4 is 5.32 Å². The lowest BCUT2D eigenvalue weighted by Crippen LogP contribution is -2.16. The quantitative estimate of drug-likeness (QED) is 0.707. The van der Waals surface area contributed by atoms with E-state index in [1.54, 1.807) is 22.7 Å². The number of halogens is 2. The first-order chi connectivity index (χ1) is 10.5. The van der Waals surface area contributed by atoms with Gasteiger partial charge in [0, 0.05) is 16.4 Å². The van der Waals surface area contributed by atoms with Gasteiger partial charge in [-0.1, -0.05) is 27.5 Å². The van der Waals surface area contributed by atoms with E-state index in [-0.39, 0.29) is 5.91 Å². The summed E-state index contributed by atoms with van der Waals surface area (Å²) >= 11 is 9.43. The molecule has 112 valence electrons. The van der Waals surface area contributed by atoms with Gasteiger partial charge in [-0.25, -0.2) is 4.98 Å². The first kappa shape index (κ1) is 15.1. The summed E-state index contributed by atoms with van der Waals surface area (Å²) in [7, 11) is 0. The van der Waals surface area contributed by atoms with Gasteiger partial charge in [0.2, 0.25) is 0 Å². The Bertz CT molecular complexity index is 888. The number of pyridine rings is 1. The lowest BCUT2D eigenvalue weighted by Gasteiger charge is -2.09. The number of carbonyl (C=O) groups excluding carboxylic acids is 1. The average molecular weight is 379 g/mol. The minimum absolute atomic E-state index is 0.210. The van der Waals surface area contributed by atoms with Crippen LogP contribution in [0.15, 0.2) is 41.0 Å². The van der Waals surface area contributed by atoms with Crippen LogP contribution in [0.3, 0.4) is 0 Å². The van der Waals surface area contributed by atoms with E-state index in [1.165, 1.54) is 0 Å². The summed E-state index contributed by atoms with van der Waals surface area (Å²) in [6.45, 7) is 3.75. The molecule has 0 bridgehead atoms. The number of amides is 1. The third-order valence-electron chi connectivity index (χ3n) is 3.41. The zero-order valence-electron chi connectivity index (χ0n) is 12.0. The van der Waals surface area contributed by atoms with Crippen LogP contribution in [0.5, 0.6) is 0 Å². The first-order valence-corrected chi connectivity index (χ1v) is 7.84. The second-order valence-electron chi connectivity index (χ2n) is 5.03. The minimum atomic E-state index is -0.210. The third-order valence-corrected chi connectivity index (χ3v) is 4.13. The van der Waals surface area contributed by atoms with Crippen molar-refractivity contribution in [3.05, 3.63) is 63.0 Å². The average Bonchev–Trinajstić information content (AvgIpc) is 2.77. The molecule has 4 nitrogen and oxygen atoms in total. The number of fused-ring (bicyclic) bond motifs is 1. The van der Waals surface area contributed by atoms with Gasteiger partial charge in [0.1, 0.15) is 11.3 Å². The van der Waals surface area contributed by atoms with Gasteiger partial charge in [-0.3, -0.25) is 9.20 Å². The number of imidazole rings is 1. The van der Waals surface area contributed by atoms with E-state index >= 15 is 0 Å². The maximum atomic E-state index is 12.6. The van der Waals surface area contributed by atoms with Crippen LogP contribution in [0.25, 0.3) is 5.65 Å². The molecule has 0 aliphatic carbocycles. The molecule has 0 fully saturated rings. The van der Waals surface area contributed by atoms with Crippen molar-refractivity contribution >= 4 is 44.8 Å². The summed E-state index contributed by atoms with van der Waals surface area (Å²) in [6.07, 6.45) is 1.69. The Morgan fingerprint density at radius 2 is 2.05 bits per heavy atom. The molecule has 0 radical (unpaired) electrons. The van der Waals surface area contributed by atoms with E-state index in [4.69, 9.17) is 11.6 Å². The summed E-state index contributed by atoms with van der Waals surface area (Å²) in [5.41, 5.74) is 3.59. The molecule has 0 spiro atoms. The summed E-state index contributed by atoms with van der Waals surface area (Å²) in [5, 5.41) is 3.48. The molecule has 1 N–H and O–H groups in total. The molecule has 0 aliphatic rings. The number of rotatable bonds is 2. The molecule has 1 aromatic carbocycles. The van der Waals surface area contributed by atoms with Gasteiger partial charge in [-0.2, -0.15) is 0 Å². The van der Waals surface area contributed by atoms with Crippen molar-refractivity contribution in [2.24, 2.45) is 0 Å². The number of hydrogen-bond acceptors (Lipinski definition) is 2. The zero-order chi connectivity index (χ0) is 15.9. The van der Waals surface area contributed by atoms with E-state index in [0.29, 0.717) is 22.1 Å². The molecule has 2 heterocycles. The second kappa shape index (κ2) is 5.74. The lowest BCUT2D eigenvalue weighted by atomic mass is 10.2. The van der Waals surface area contributed by atoms with Gasteiger partial charge in [0.15, 0.2) is 0 Å². The Morgan fingerprint density at radius 3 is 2.77 bits per heavy atom. The Kier molecular flexibility index (Phi) is 3.93. The Morgan fingerprint density at radius 1 is 1.27 bits per heavy atom. The molecule has 0 saturated heterocycles. The molecular formula is C16H13BrClN3O. The highest BCUT2D eigenvalue weighted by atomic mass is 79.9. The largest absolute Gasteiger partial charge is 0.320 e. The van der Waals surface area contributed by atoms with Crippen LogP contribution in [-0.2, 0) is 0 Å². The van der Waals surface area contributed by atoms with Crippen molar-refractivity contribution < 1.29 is 4.79 Å². The van der Waals surface area contributed by atoms with Gasteiger partial charge in [0.25, 0.3) is 5.91 Å². The van der Waals surface area contributed by atoms with Crippen molar-refractivity contribution in [2.75, 3.05) is 5.32 Å². The highest BCUT2D eigenvalue weighted by Crippen LogP contribution is 2.22. The fraction of sp³-hybridized carbons (Fsp3) is 0.125. The number of carbonyl (C=O) groups is 1. The highest BCUT2D eigenvalue weighted by molar-refractivity contribution is 9.10. The third kappa shape index (κ3) is 2.74. The first-order valence-electron chi connectivity index (χ1n) is 6.67. The van der Waals surface area contributed by atoms with Crippen molar-refractivity contribution in [3.63, 3.8) is 0 Å². The van der Waals surface area contributed by atoms with E-state index in [9.17, 15) is 4.79 Å². The summed E-state index contributed by atoms with van der Waals surface area (Å²) in [4.78, 5) is 17.0. The van der Waals surface area contributed by atoms with Gasteiger partial charge in [0.05, 0.1) is 10.7 Å². The standard InChI is InChI=1S/C16H13BrClN3O/c1-9-7-11(17)3-5-13(9)20-16(22)15-10(2)19-14-6-4-12(18)8-21(14)15/h3-8H,1-2H3,(H,20,22). The minimum Gasteiger partial charge on any atom is -0.320 e. The molecule has 3 aromatic rings. The number of nitrogens with one attached hydrogen (secondary N) is 1. The number of nitrogens with zero attached hydrogens (tertiary/aromatic N) is 2. The van der Waals surface area contributed by atoms with Gasteiger partial charge in [-0.05, 0) is 49.7 Å². The summed E-state index contributed by atoms with van der Waals surface area (Å²) in [5.74, 6) is -0.210. The monoisotopic (exact) mass is 377 g/mol. The Hall–Kier alpha value is -1.85. The molecule has 0 saturated carbocycles. The van der Waals surface area contributed by atoms with Crippen LogP contribution >= 0.6 is 27.5 Å². The van der Waals surface area contributed by atoms with E-state index in [0.717, 1.165) is 15.7 Å². The maximum absolute atomic E-state index is 12.6. The highest BCUT2D eigenvalue weighted by Gasteiger charge is 2.17. The summed E-state index contributed by atoms with van der Waals surface area (Å²) in [6, 6.07) is 9.25. The number of aromatic nitrogens is 2. The Balaban J connectivity index is 2.02. The van der Waals surface area contributed by atoms with Crippen LogP contribution in [0.1, 0.15) is 21.7 Å². The molecule has 6 heteroatoms. The van der Waals surface area contributed by atoms with Crippen LogP contribution in [-0.4, -0.2) is 15.3 Å². The molecule has 0 unspecified atom stereocenters. The topological polar surface area (TPSA) is 46.4 Å². The van der Waals surface area contributed by atoms with Crippen LogP contribution in [0.2, 0.25) is 5.02 Å². The van der Waals surface area contributed by atoms with Gasteiger partial charge < -0.3 is 5.32 Å². The van der Waals surface area contributed by atoms with Crippen molar-refractivity contribution in [1.82, 2.24) is 9.38 Å². The molecule has 22 heavy (non-hydrogen) atoms. The van der Waals surface area contributed by atoms with Crippen molar-refractivity contribution in [1.29, 1.82) is 0 Å². The normalized spacial score (nSPS) is 10.9. The number of hydrogen-bond donors (Lipinski definition) is 1. The maximum Gasteiger partial charge on any atom is 0.274 e. The van der Waals surface area contributed by atoms with E-state index in [1.807, 2.05) is 32.0 Å². The van der Waals surface area contributed by atoms with E-state index in [2.05, 4.69) is 26.2 Å². The fourth-order valence-corrected chi connectivity index (χ4v) is 2.99. The molecule has 2 aromatic heterocycles. The molecular weight excluding hydrogens is 366 g/mol. The van der Waals surface area contributed by atoms with Crippen molar-refractivity contribution in [3.8, 4) is 0 Å². The molecule has 0 atom stereocenters. The fourth-order valence-electron chi connectivity index (χ4n) is 2.36. The number of aryl methyl sites for hydroxylation is 2. The smallest absolute Gasteiger partial charge is 0.274 e. The number of benzene rings is 1. The van der Waals surface area contributed by atoms with Crippen molar-refractivity contribution in [2.45, 2.75) is 13.8 Å². The second-order valence-corrected chi connectivity index (χ2v) is 6.39. The SMILES string of the molecule is Cc1cc(Br)ccc1NC(=O)c1c(C)nc2ccc(Cl)cn12. The summed E-state index contributed by atoms with van der Waals surface area (Å²) < 4.78 is 2.68. The zero-order valence-corrected chi connectivity index (χ0v) is 14.4. The van der Waals surface area contributed by atoms with Gasteiger partial charge >= 0.3 is 0 Å². The lowest BCUT2D eigenvalue weighted by molar-refractivity contribution is 0.102. The molecule has 0 aliphatic heterocycles. The van der Waals surface area contributed by atoms with Crippen LogP contribution in [0.4, 0.5) is 5.69 Å². The van der Waals surface area contributed by atoms with Gasteiger partial charge in [-0.15, -0.1) is 0 Å².